The molecule has 0 radical (unpaired) electrons. The number of rotatable bonds is 3. The molecule has 0 unspecified atom stereocenters. The van der Waals surface area contributed by atoms with Gasteiger partial charge in [-0.3, -0.25) is 0 Å². The van der Waals surface area contributed by atoms with Crippen molar-refractivity contribution >= 4 is 5.97 Å². The summed E-state index contributed by atoms with van der Waals surface area (Å²) in [5.74, 6) is 0.456. The van der Waals surface area contributed by atoms with E-state index in [1.165, 1.54) is 10.7 Å². The summed E-state index contributed by atoms with van der Waals surface area (Å²) in [6.07, 6.45) is 1.58. The van der Waals surface area contributed by atoms with Crippen molar-refractivity contribution in [2.24, 2.45) is 0 Å². The molecule has 1 N–H and O–H groups in total. The molecule has 2 aromatic heterocycles. The fraction of sp³-hybridized carbons (Fsp3) is 0.333. The lowest BCUT2D eigenvalue weighted by Gasteiger charge is -2.07. The molecule has 0 saturated heterocycles. The molecule has 6 nitrogen and oxygen atoms in total. The van der Waals surface area contributed by atoms with E-state index in [0.717, 1.165) is 11.5 Å². The molecule has 0 amide bonds. The zero-order valence-corrected chi connectivity index (χ0v) is 10.5. The van der Waals surface area contributed by atoms with E-state index in [0.29, 0.717) is 5.82 Å². The van der Waals surface area contributed by atoms with Crippen molar-refractivity contribution in [3.63, 3.8) is 0 Å². The van der Waals surface area contributed by atoms with E-state index in [2.05, 4.69) is 15.1 Å². The molecule has 2 heterocycles. The molecule has 0 aliphatic carbocycles. The molecular formula is C12H14N4O2. The maximum Gasteiger partial charge on any atom is 0.356 e. The van der Waals surface area contributed by atoms with E-state index in [4.69, 9.17) is 5.11 Å². The molecule has 0 aliphatic rings. The molecule has 0 fully saturated rings. The van der Waals surface area contributed by atoms with E-state index in [1.54, 1.807) is 12.3 Å². The van der Waals surface area contributed by atoms with Gasteiger partial charge in [0, 0.05) is 23.9 Å². The quantitative estimate of drug-likeness (QED) is 0.892. The van der Waals surface area contributed by atoms with Crippen LogP contribution in [-0.4, -0.2) is 30.8 Å². The Morgan fingerprint density at radius 2 is 2.11 bits per heavy atom. The first-order chi connectivity index (χ1) is 8.47. The summed E-state index contributed by atoms with van der Waals surface area (Å²) >= 11 is 0. The second-order valence-corrected chi connectivity index (χ2v) is 4.33. The number of aromatic nitrogens is 4. The monoisotopic (exact) mass is 246 g/mol. The smallest absolute Gasteiger partial charge is 0.356 e. The van der Waals surface area contributed by atoms with Crippen LogP contribution in [0.25, 0.3) is 5.82 Å². The highest BCUT2D eigenvalue weighted by molar-refractivity contribution is 5.85. The SMILES string of the molecule is Cc1cc(-n2ccc(C(=O)O)n2)nc(C(C)C)n1. The predicted octanol–water partition coefficient (Wildman–Crippen LogP) is 1.79. The summed E-state index contributed by atoms with van der Waals surface area (Å²) in [4.78, 5) is 19.5. The second kappa shape index (κ2) is 4.56. The van der Waals surface area contributed by atoms with Gasteiger partial charge < -0.3 is 5.11 Å². The van der Waals surface area contributed by atoms with Crippen LogP contribution in [0.15, 0.2) is 18.3 Å². The predicted molar refractivity (Wildman–Crippen MR) is 64.9 cm³/mol. The van der Waals surface area contributed by atoms with E-state index in [9.17, 15) is 4.79 Å². The number of aryl methyl sites for hydroxylation is 1. The normalized spacial score (nSPS) is 10.9. The lowest BCUT2D eigenvalue weighted by molar-refractivity contribution is 0.0690. The maximum atomic E-state index is 10.8. The van der Waals surface area contributed by atoms with Gasteiger partial charge in [-0.05, 0) is 13.0 Å². The first-order valence-electron chi connectivity index (χ1n) is 5.62. The topological polar surface area (TPSA) is 80.9 Å². The van der Waals surface area contributed by atoms with E-state index in [1.807, 2.05) is 20.8 Å². The molecule has 0 atom stereocenters. The van der Waals surface area contributed by atoms with Gasteiger partial charge in [-0.1, -0.05) is 13.8 Å². The molecule has 2 aromatic rings. The maximum absolute atomic E-state index is 10.8. The van der Waals surface area contributed by atoms with Crippen molar-refractivity contribution in [1.82, 2.24) is 19.7 Å². The molecule has 0 aromatic carbocycles. The molecule has 2 rings (SSSR count). The molecule has 0 saturated carbocycles. The molecule has 0 aliphatic heterocycles. The van der Waals surface area contributed by atoms with Crippen molar-refractivity contribution in [3.05, 3.63) is 35.5 Å². The highest BCUT2D eigenvalue weighted by Crippen LogP contribution is 2.13. The van der Waals surface area contributed by atoms with Crippen LogP contribution in [0, 0.1) is 6.92 Å². The Hall–Kier alpha value is -2.24. The van der Waals surface area contributed by atoms with E-state index in [-0.39, 0.29) is 11.6 Å². The molecule has 18 heavy (non-hydrogen) atoms. The third kappa shape index (κ3) is 2.37. The molecule has 6 heteroatoms. The number of carboxylic acids is 1. The van der Waals surface area contributed by atoms with Crippen molar-refractivity contribution < 1.29 is 9.90 Å². The Morgan fingerprint density at radius 1 is 1.39 bits per heavy atom. The van der Waals surface area contributed by atoms with Crippen LogP contribution in [-0.2, 0) is 0 Å². The van der Waals surface area contributed by atoms with Gasteiger partial charge in [0.05, 0.1) is 0 Å². The third-order valence-electron chi connectivity index (χ3n) is 2.42. The number of hydrogen-bond donors (Lipinski definition) is 1. The van der Waals surface area contributed by atoms with Crippen molar-refractivity contribution in [3.8, 4) is 5.82 Å². The van der Waals surface area contributed by atoms with Crippen LogP contribution in [0.1, 0.15) is 41.8 Å². The minimum atomic E-state index is -1.05. The summed E-state index contributed by atoms with van der Waals surface area (Å²) in [6, 6.07) is 3.21. The Bertz CT molecular complexity index is 590. The number of carboxylic acid groups (broad SMARTS) is 1. The van der Waals surface area contributed by atoms with Crippen molar-refractivity contribution in [1.29, 1.82) is 0 Å². The summed E-state index contributed by atoms with van der Waals surface area (Å²) in [5, 5.41) is 12.8. The van der Waals surface area contributed by atoms with E-state index < -0.39 is 5.97 Å². The van der Waals surface area contributed by atoms with Gasteiger partial charge in [-0.25, -0.2) is 19.4 Å². The van der Waals surface area contributed by atoms with Gasteiger partial charge in [-0.15, -0.1) is 0 Å². The van der Waals surface area contributed by atoms with Crippen molar-refractivity contribution in [2.45, 2.75) is 26.7 Å². The van der Waals surface area contributed by atoms with Gasteiger partial charge >= 0.3 is 5.97 Å². The summed E-state index contributed by atoms with van der Waals surface area (Å²) in [6.45, 7) is 5.88. The summed E-state index contributed by atoms with van der Waals surface area (Å²) in [7, 11) is 0. The molecule has 0 bridgehead atoms. The van der Waals surface area contributed by atoms with E-state index >= 15 is 0 Å². The highest BCUT2D eigenvalue weighted by atomic mass is 16.4. The Kier molecular flexibility index (Phi) is 3.10. The average molecular weight is 246 g/mol. The summed E-state index contributed by atoms with van der Waals surface area (Å²) in [5.41, 5.74) is 0.827. The zero-order chi connectivity index (χ0) is 13.3. The van der Waals surface area contributed by atoms with Crippen LogP contribution in [0.2, 0.25) is 0 Å². The number of aromatic carboxylic acids is 1. The number of carbonyl (C=O) groups is 1. The third-order valence-corrected chi connectivity index (χ3v) is 2.42. The Morgan fingerprint density at radius 3 is 2.67 bits per heavy atom. The Labute approximate surface area is 104 Å². The fourth-order valence-corrected chi connectivity index (χ4v) is 1.52. The van der Waals surface area contributed by atoms with Crippen molar-refractivity contribution in [2.75, 3.05) is 0 Å². The zero-order valence-electron chi connectivity index (χ0n) is 10.5. The minimum absolute atomic E-state index is 0.00244. The standard InChI is InChI=1S/C12H14N4O2/c1-7(2)11-13-8(3)6-10(14-11)16-5-4-9(15-16)12(17)18/h4-7H,1-3H3,(H,17,18). The molecular weight excluding hydrogens is 232 g/mol. The fourth-order valence-electron chi connectivity index (χ4n) is 1.52. The first kappa shape index (κ1) is 12.2. The van der Waals surface area contributed by atoms with Crippen LogP contribution in [0.5, 0.6) is 0 Å². The average Bonchev–Trinajstić information content (AvgIpc) is 2.77. The van der Waals surface area contributed by atoms with Gasteiger partial charge in [-0.2, -0.15) is 5.10 Å². The summed E-state index contributed by atoms with van der Waals surface area (Å²) < 4.78 is 1.45. The number of nitrogens with zero attached hydrogens (tertiary/aromatic N) is 4. The largest absolute Gasteiger partial charge is 0.476 e. The van der Waals surface area contributed by atoms with Gasteiger partial charge in [0.2, 0.25) is 0 Å². The Balaban J connectivity index is 2.46. The lowest BCUT2D eigenvalue weighted by Crippen LogP contribution is -2.07. The lowest BCUT2D eigenvalue weighted by atomic mass is 10.2. The first-order valence-corrected chi connectivity index (χ1v) is 5.62. The van der Waals surface area contributed by atoms with Crippen LogP contribution in [0.3, 0.4) is 0 Å². The van der Waals surface area contributed by atoms with Crippen LogP contribution < -0.4 is 0 Å². The second-order valence-electron chi connectivity index (χ2n) is 4.33. The van der Waals surface area contributed by atoms with Crippen LogP contribution in [0.4, 0.5) is 0 Å². The van der Waals surface area contributed by atoms with Gasteiger partial charge in [0.25, 0.3) is 0 Å². The molecule has 0 spiro atoms. The van der Waals surface area contributed by atoms with Gasteiger partial charge in [0.1, 0.15) is 5.82 Å². The minimum Gasteiger partial charge on any atom is -0.476 e. The van der Waals surface area contributed by atoms with Crippen LogP contribution >= 0.6 is 0 Å². The number of hydrogen-bond acceptors (Lipinski definition) is 4. The highest BCUT2D eigenvalue weighted by Gasteiger charge is 2.11. The van der Waals surface area contributed by atoms with Gasteiger partial charge in [0.15, 0.2) is 11.5 Å². The molecule has 94 valence electrons.